The Bertz CT molecular complexity index is 324. The molecule has 1 unspecified atom stereocenters. The quantitative estimate of drug-likeness (QED) is 0.828. The lowest BCUT2D eigenvalue weighted by Crippen LogP contribution is -2.29. The molecule has 1 rings (SSSR count). The van der Waals surface area contributed by atoms with Crippen LogP contribution in [-0.2, 0) is 7.05 Å². The van der Waals surface area contributed by atoms with Crippen molar-refractivity contribution < 1.29 is 4.79 Å². The fourth-order valence-electron chi connectivity index (χ4n) is 1.24. The second kappa shape index (κ2) is 5.90. The lowest BCUT2D eigenvalue weighted by atomic mass is 10.1. The SMILES string of the molecule is CC(CCBr)CNC(=O)c1ccnn1C. The van der Waals surface area contributed by atoms with Gasteiger partial charge < -0.3 is 5.32 Å². The average Bonchev–Trinajstić information content (AvgIpc) is 2.61. The van der Waals surface area contributed by atoms with Crippen molar-refractivity contribution in [3.63, 3.8) is 0 Å². The highest BCUT2D eigenvalue weighted by Gasteiger charge is 2.10. The molecule has 5 heteroatoms. The maximum Gasteiger partial charge on any atom is 0.269 e. The average molecular weight is 274 g/mol. The number of nitrogens with one attached hydrogen (secondary N) is 1. The number of amides is 1. The van der Waals surface area contributed by atoms with Crippen molar-refractivity contribution in [1.29, 1.82) is 0 Å². The largest absolute Gasteiger partial charge is 0.350 e. The first-order valence-corrected chi connectivity index (χ1v) is 6.09. The van der Waals surface area contributed by atoms with Gasteiger partial charge in [0.15, 0.2) is 0 Å². The van der Waals surface area contributed by atoms with E-state index in [-0.39, 0.29) is 5.91 Å². The van der Waals surface area contributed by atoms with Crippen molar-refractivity contribution >= 4 is 21.8 Å². The van der Waals surface area contributed by atoms with Crippen LogP contribution in [0.3, 0.4) is 0 Å². The summed E-state index contributed by atoms with van der Waals surface area (Å²) in [5, 5.41) is 7.81. The predicted molar refractivity (Wildman–Crippen MR) is 63.1 cm³/mol. The molecule has 0 spiro atoms. The lowest BCUT2D eigenvalue weighted by Gasteiger charge is -2.10. The maximum absolute atomic E-state index is 11.7. The minimum Gasteiger partial charge on any atom is -0.350 e. The lowest BCUT2D eigenvalue weighted by molar-refractivity contribution is 0.0938. The molecule has 1 amide bonds. The van der Waals surface area contributed by atoms with Crippen LogP contribution in [-0.4, -0.2) is 27.6 Å². The molecule has 0 radical (unpaired) electrons. The van der Waals surface area contributed by atoms with Crippen LogP contribution in [0.2, 0.25) is 0 Å². The summed E-state index contributed by atoms with van der Waals surface area (Å²) in [5.41, 5.74) is 0.598. The molecular formula is C10H16BrN3O. The Morgan fingerprint density at radius 1 is 1.73 bits per heavy atom. The minimum atomic E-state index is -0.0589. The Labute approximate surface area is 98.2 Å². The van der Waals surface area contributed by atoms with E-state index in [1.165, 1.54) is 0 Å². The summed E-state index contributed by atoms with van der Waals surface area (Å²) in [6.45, 7) is 2.82. The number of rotatable bonds is 5. The van der Waals surface area contributed by atoms with Crippen LogP contribution in [0.15, 0.2) is 12.3 Å². The molecule has 1 atom stereocenters. The Kier molecular flexibility index (Phi) is 4.81. The second-order valence-corrected chi connectivity index (χ2v) is 4.43. The van der Waals surface area contributed by atoms with Gasteiger partial charge in [-0.1, -0.05) is 22.9 Å². The summed E-state index contributed by atoms with van der Waals surface area (Å²) in [5.74, 6) is 0.429. The highest BCUT2D eigenvalue weighted by atomic mass is 79.9. The van der Waals surface area contributed by atoms with Gasteiger partial charge in [0.2, 0.25) is 0 Å². The molecule has 1 heterocycles. The first-order chi connectivity index (χ1) is 7.15. The van der Waals surface area contributed by atoms with Crippen molar-refractivity contribution in [2.45, 2.75) is 13.3 Å². The zero-order valence-corrected chi connectivity index (χ0v) is 10.6. The van der Waals surface area contributed by atoms with E-state index in [4.69, 9.17) is 0 Å². The summed E-state index contributed by atoms with van der Waals surface area (Å²) in [6.07, 6.45) is 2.68. The number of aromatic nitrogens is 2. The van der Waals surface area contributed by atoms with Crippen molar-refractivity contribution in [2.24, 2.45) is 13.0 Å². The number of hydrogen-bond donors (Lipinski definition) is 1. The van der Waals surface area contributed by atoms with Gasteiger partial charge in [0, 0.05) is 25.1 Å². The molecule has 0 aliphatic rings. The molecule has 0 fully saturated rings. The minimum absolute atomic E-state index is 0.0589. The van der Waals surface area contributed by atoms with Gasteiger partial charge in [0.05, 0.1) is 0 Å². The first-order valence-electron chi connectivity index (χ1n) is 4.97. The van der Waals surface area contributed by atoms with Crippen molar-refractivity contribution in [2.75, 3.05) is 11.9 Å². The smallest absolute Gasteiger partial charge is 0.269 e. The van der Waals surface area contributed by atoms with E-state index in [1.54, 1.807) is 24.0 Å². The van der Waals surface area contributed by atoms with Gasteiger partial charge in [-0.25, -0.2) is 0 Å². The summed E-state index contributed by atoms with van der Waals surface area (Å²) in [4.78, 5) is 11.7. The highest BCUT2D eigenvalue weighted by Crippen LogP contribution is 2.03. The molecule has 0 saturated heterocycles. The monoisotopic (exact) mass is 273 g/mol. The Balaban J connectivity index is 2.40. The van der Waals surface area contributed by atoms with E-state index in [0.717, 1.165) is 11.8 Å². The van der Waals surface area contributed by atoms with Crippen molar-refractivity contribution in [1.82, 2.24) is 15.1 Å². The molecule has 0 bridgehead atoms. The van der Waals surface area contributed by atoms with Crippen LogP contribution in [0, 0.1) is 5.92 Å². The Morgan fingerprint density at radius 2 is 2.47 bits per heavy atom. The highest BCUT2D eigenvalue weighted by molar-refractivity contribution is 9.09. The third kappa shape index (κ3) is 3.66. The Morgan fingerprint density at radius 3 is 3.00 bits per heavy atom. The van der Waals surface area contributed by atoms with Gasteiger partial charge in [-0.15, -0.1) is 0 Å². The number of halogens is 1. The third-order valence-electron chi connectivity index (χ3n) is 2.27. The van der Waals surface area contributed by atoms with Gasteiger partial charge in [-0.2, -0.15) is 5.10 Å². The van der Waals surface area contributed by atoms with Gasteiger partial charge in [-0.3, -0.25) is 9.48 Å². The molecule has 0 aliphatic carbocycles. The molecule has 15 heavy (non-hydrogen) atoms. The zero-order chi connectivity index (χ0) is 11.3. The number of carbonyl (C=O) groups excluding carboxylic acids is 1. The van der Waals surface area contributed by atoms with Gasteiger partial charge >= 0.3 is 0 Å². The van der Waals surface area contributed by atoms with E-state index < -0.39 is 0 Å². The van der Waals surface area contributed by atoms with Crippen LogP contribution < -0.4 is 5.32 Å². The van der Waals surface area contributed by atoms with Crippen molar-refractivity contribution in [3.05, 3.63) is 18.0 Å². The Hall–Kier alpha value is -0.840. The molecule has 1 N–H and O–H groups in total. The maximum atomic E-state index is 11.7. The standard InChI is InChI=1S/C10H16BrN3O/c1-8(3-5-11)7-12-10(15)9-4-6-13-14(9)2/h4,6,8H,3,5,7H2,1-2H3,(H,12,15). The van der Waals surface area contributed by atoms with Crippen LogP contribution in [0.1, 0.15) is 23.8 Å². The fourth-order valence-corrected chi connectivity index (χ4v) is 2.02. The summed E-state index contributed by atoms with van der Waals surface area (Å²) in [6, 6.07) is 1.71. The number of alkyl halides is 1. The zero-order valence-electron chi connectivity index (χ0n) is 9.03. The number of hydrogen-bond acceptors (Lipinski definition) is 2. The number of nitrogens with zero attached hydrogens (tertiary/aromatic N) is 2. The summed E-state index contributed by atoms with van der Waals surface area (Å²) < 4.78 is 1.57. The number of aryl methyl sites for hydroxylation is 1. The van der Waals surface area contributed by atoms with Crippen LogP contribution >= 0.6 is 15.9 Å². The van der Waals surface area contributed by atoms with Gasteiger partial charge in [0.25, 0.3) is 5.91 Å². The van der Waals surface area contributed by atoms with E-state index in [1.807, 2.05) is 0 Å². The van der Waals surface area contributed by atoms with E-state index in [0.29, 0.717) is 18.2 Å². The van der Waals surface area contributed by atoms with E-state index in [9.17, 15) is 4.79 Å². The van der Waals surface area contributed by atoms with Crippen molar-refractivity contribution in [3.8, 4) is 0 Å². The van der Waals surface area contributed by atoms with Crippen LogP contribution in [0.25, 0.3) is 0 Å². The molecule has 0 aromatic carbocycles. The molecule has 84 valence electrons. The van der Waals surface area contributed by atoms with Gasteiger partial charge in [-0.05, 0) is 18.4 Å². The predicted octanol–water partition coefficient (Wildman–Crippen LogP) is 1.57. The normalized spacial score (nSPS) is 12.5. The molecule has 1 aromatic heterocycles. The summed E-state index contributed by atoms with van der Waals surface area (Å²) >= 11 is 3.38. The number of carbonyl (C=O) groups is 1. The molecule has 0 aliphatic heterocycles. The second-order valence-electron chi connectivity index (χ2n) is 3.63. The van der Waals surface area contributed by atoms with E-state index >= 15 is 0 Å². The third-order valence-corrected chi connectivity index (χ3v) is 2.72. The molecule has 4 nitrogen and oxygen atoms in total. The van der Waals surface area contributed by atoms with Gasteiger partial charge in [0.1, 0.15) is 5.69 Å². The molecule has 0 saturated carbocycles. The fraction of sp³-hybridized carbons (Fsp3) is 0.600. The first kappa shape index (κ1) is 12.2. The topological polar surface area (TPSA) is 46.9 Å². The van der Waals surface area contributed by atoms with Crippen LogP contribution in [0.5, 0.6) is 0 Å². The summed E-state index contributed by atoms with van der Waals surface area (Å²) in [7, 11) is 1.76. The molecular weight excluding hydrogens is 258 g/mol. The molecule has 1 aromatic rings. The van der Waals surface area contributed by atoms with Crippen LogP contribution in [0.4, 0.5) is 0 Å². The van der Waals surface area contributed by atoms with E-state index in [2.05, 4.69) is 33.3 Å².